The number of aromatic nitrogens is 4. The molecule has 23 heavy (non-hydrogen) atoms. The summed E-state index contributed by atoms with van der Waals surface area (Å²) in [5, 5.41) is 16.3. The Labute approximate surface area is 133 Å². The standard InChI is InChI=1S/C18H13N5/c19-12-17-15-1-6-18(11-16(15)22-23-17,13-2-7-20-8-3-13)14-4-9-21-10-5-14/h1-10H,11H2,(H,22,23). The molecule has 1 N–H and O–H groups in total. The lowest BCUT2D eigenvalue weighted by Crippen LogP contribution is -2.30. The van der Waals surface area contributed by atoms with Gasteiger partial charge in [-0.05, 0) is 35.4 Å². The van der Waals surface area contributed by atoms with Crippen LogP contribution < -0.4 is 0 Å². The number of hydrogen-bond acceptors (Lipinski definition) is 4. The lowest BCUT2D eigenvalue weighted by molar-refractivity contribution is 0.619. The SMILES string of the molecule is N#Cc1n[nH]c2c1C=CC(c1ccncc1)(c1ccncc1)C2. The van der Waals surface area contributed by atoms with Gasteiger partial charge in [0.1, 0.15) is 6.07 Å². The van der Waals surface area contributed by atoms with Crippen molar-refractivity contribution in [1.82, 2.24) is 20.2 Å². The van der Waals surface area contributed by atoms with Gasteiger partial charge in [-0.1, -0.05) is 12.2 Å². The minimum Gasteiger partial charge on any atom is -0.281 e. The van der Waals surface area contributed by atoms with Crippen molar-refractivity contribution in [2.75, 3.05) is 0 Å². The van der Waals surface area contributed by atoms with Crippen molar-refractivity contribution in [3.63, 3.8) is 0 Å². The molecule has 0 aromatic carbocycles. The molecule has 0 aliphatic heterocycles. The molecule has 0 spiro atoms. The van der Waals surface area contributed by atoms with E-state index in [1.165, 1.54) is 0 Å². The van der Waals surface area contributed by atoms with Gasteiger partial charge in [0, 0.05) is 47.9 Å². The van der Waals surface area contributed by atoms with Gasteiger partial charge in [-0.25, -0.2) is 0 Å². The van der Waals surface area contributed by atoms with Crippen LogP contribution in [-0.4, -0.2) is 20.2 Å². The first-order valence-electron chi connectivity index (χ1n) is 7.31. The minimum atomic E-state index is -0.321. The summed E-state index contributed by atoms with van der Waals surface area (Å²) in [7, 11) is 0. The third kappa shape index (κ3) is 2.04. The third-order valence-corrected chi connectivity index (χ3v) is 4.37. The molecule has 5 heteroatoms. The maximum absolute atomic E-state index is 9.16. The summed E-state index contributed by atoms with van der Waals surface area (Å²) < 4.78 is 0. The van der Waals surface area contributed by atoms with Crippen molar-refractivity contribution in [2.24, 2.45) is 0 Å². The molecule has 0 saturated heterocycles. The molecule has 0 bridgehead atoms. The summed E-state index contributed by atoms with van der Waals surface area (Å²) in [6.07, 6.45) is 12.1. The van der Waals surface area contributed by atoms with Gasteiger partial charge in [0.15, 0.2) is 5.69 Å². The highest BCUT2D eigenvalue weighted by atomic mass is 15.1. The lowest BCUT2D eigenvalue weighted by atomic mass is 9.69. The quantitative estimate of drug-likeness (QED) is 0.789. The number of rotatable bonds is 2. The summed E-state index contributed by atoms with van der Waals surface area (Å²) in [6.45, 7) is 0. The maximum Gasteiger partial charge on any atom is 0.169 e. The summed E-state index contributed by atoms with van der Waals surface area (Å²) >= 11 is 0. The van der Waals surface area contributed by atoms with Gasteiger partial charge in [-0.3, -0.25) is 15.1 Å². The smallest absolute Gasteiger partial charge is 0.169 e. The first-order chi connectivity index (χ1) is 11.3. The number of pyridine rings is 2. The van der Waals surface area contributed by atoms with E-state index in [0.717, 1.165) is 22.4 Å². The Kier molecular flexibility index (Phi) is 3.02. The molecule has 3 aromatic rings. The number of allylic oxidation sites excluding steroid dienone is 1. The van der Waals surface area contributed by atoms with Crippen LogP contribution in [-0.2, 0) is 11.8 Å². The first kappa shape index (κ1) is 13.4. The zero-order chi connectivity index (χ0) is 15.7. The number of hydrogen-bond donors (Lipinski definition) is 1. The van der Waals surface area contributed by atoms with Crippen LogP contribution in [0.3, 0.4) is 0 Å². The monoisotopic (exact) mass is 299 g/mol. The number of aromatic amines is 1. The summed E-state index contributed by atoms with van der Waals surface area (Å²) in [6, 6.07) is 10.2. The van der Waals surface area contributed by atoms with E-state index >= 15 is 0 Å². The van der Waals surface area contributed by atoms with E-state index in [1.54, 1.807) is 24.8 Å². The first-order valence-corrected chi connectivity index (χ1v) is 7.31. The number of fused-ring (bicyclic) bond motifs is 1. The van der Waals surface area contributed by atoms with Crippen LogP contribution in [0.15, 0.2) is 55.1 Å². The van der Waals surface area contributed by atoms with Crippen molar-refractivity contribution in [3.05, 3.63) is 83.2 Å². The highest BCUT2D eigenvalue weighted by Gasteiger charge is 2.36. The largest absolute Gasteiger partial charge is 0.281 e. The molecule has 0 fully saturated rings. The van der Waals surface area contributed by atoms with Crippen LogP contribution in [0.4, 0.5) is 0 Å². The Morgan fingerprint density at radius 1 is 1.00 bits per heavy atom. The molecule has 0 amide bonds. The molecule has 5 nitrogen and oxygen atoms in total. The second-order valence-electron chi connectivity index (χ2n) is 5.53. The molecule has 4 rings (SSSR count). The zero-order valence-corrected chi connectivity index (χ0v) is 12.3. The van der Waals surface area contributed by atoms with E-state index in [9.17, 15) is 0 Å². The Morgan fingerprint density at radius 3 is 2.17 bits per heavy atom. The topological polar surface area (TPSA) is 78.2 Å². The van der Waals surface area contributed by atoms with E-state index in [-0.39, 0.29) is 5.41 Å². The molecule has 0 unspecified atom stereocenters. The number of nitrogens with one attached hydrogen (secondary N) is 1. The van der Waals surface area contributed by atoms with Gasteiger partial charge in [0.2, 0.25) is 0 Å². The average Bonchev–Trinajstić information content (AvgIpc) is 3.05. The second-order valence-corrected chi connectivity index (χ2v) is 5.53. The van der Waals surface area contributed by atoms with Gasteiger partial charge < -0.3 is 0 Å². The van der Waals surface area contributed by atoms with Crippen molar-refractivity contribution in [3.8, 4) is 6.07 Å². The summed E-state index contributed by atoms with van der Waals surface area (Å²) in [4.78, 5) is 8.25. The van der Waals surface area contributed by atoms with E-state index in [1.807, 2.05) is 30.3 Å². The van der Waals surface area contributed by atoms with Crippen LogP contribution in [0.5, 0.6) is 0 Å². The van der Waals surface area contributed by atoms with Crippen LogP contribution in [0.2, 0.25) is 0 Å². The minimum absolute atomic E-state index is 0.321. The fraction of sp³-hybridized carbons (Fsp3) is 0.111. The second kappa shape index (κ2) is 5.18. The van der Waals surface area contributed by atoms with Gasteiger partial charge in [0.05, 0.1) is 0 Å². The number of nitriles is 1. The molecule has 1 aliphatic rings. The van der Waals surface area contributed by atoms with Gasteiger partial charge >= 0.3 is 0 Å². The van der Waals surface area contributed by atoms with E-state index in [2.05, 4.69) is 32.3 Å². The normalized spacial score (nSPS) is 14.9. The van der Waals surface area contributed by atoms with E-state index in [0.29, 0.717) is 12.1 Å². The molecule has 0 saturated carbocycles. The average molecular weight is 299 g/mol. The molecular formula is C18H13N5. The summed E-state index contributed by atoms with van der Waals surface area (Å²) in [5.41, 5.74) is 4.26. The van der Waals surface area contributed by atoms with Crippen LogP contribution >= 0.6 is 0 Å². The molecule has 110 valence electrons. The zero-order valence-electron chi connectivity index (χ0n) is 12.3. The fourth-order valence-electron chi connectivity index (χ4n) is 3.21. The Morgan fingerprint density at radius 2 is 1.61 bits per heavy atom. The summed E-state index contributed by atoms with van der Waals surface area (Å²) in [5.74, 6) is 0. The molecule has 3 heterocycles. The number of nitrogens with zero attached hydrogens (tertiary/aromatic N) is 4. The van der Waals surface area contributed by atoms with Crippen molar-refractivity contribution >= 4 is 6.08 Å². The molecule has 0 atom stereocenters. The van der Waals surface area contributed by atoms with Crippen LogP contribution in [0.1, 0.15) is 28.1 Å². The lowest BCUT2D eigenvalue weighted by Gasteiger charge is -2.34. The molecule has 0 radical (unpaired) electrons. The van der Waals surface area contributed by atoms with Crippen molar-refractivity contribution in [2.45, 2.75) is 11.8 Å². The third-order valence-electron chi connectivity index (χ3n) is 4.37. The Hall–Kier alpha value is -3.26. The predicted octanol–water partition coefficient (Wildman–Crippen LogP) is 2.63. The maximum atomic E-state index is 9.16. The van der Waals surface area contributed by atoms with Gasteiger partial charge in [-0.15, -0.1) is 0 Å². The van der Waals surface area contributed by atoms with E-state index < -0.39 is 0 Å². The molecule has 3 aromatic heterocycles. The molecular weight excluding hydrogens is 286 g/mol. The van der Waals surface area contributed by atoms with Crippen LogP contribution in [0, 0.1) is 11.3 Å². The van der Waals surface area contributed by atoms with E-state index in [4.69, 9.17) is 5.26 Å². The highest BCUT2D eigenvalue weighted by Crippen LogP contribution is 2.41. The van der Waals surface area contributed by atoms with Gasteiger partial charge in [0.25, 0.3) is 0 Å². The Balaban J connectivity index is 1.92. The number of H-pyrrole nitrogens is 1. The predicted molar refractivity (Wildman–Crippen MR) is 85.3 cm³/mol. The van der Waals surface area contributed by atoms with Crippen LogP contribution in [0.25, 0.3) is 6.08 Å². The van der Waals surface area contributed by atoms with Gasteiger partial charge in [-0.2, -0.15) is 10.4 Å². The van der Waals surface area contributed by atoms with Crippen molar-refractivity contribution < 1.29 is 0 Å². The highest BCUT2D eigenvalue weighted by molar-refractivity contribution is 5.66. The molecule has 1 aliphatic carbocycles. The Bertz CT molecular complexity index is 864. The van der Waals surface area contributed by atoms with Crippen molar-refractivity contribution in [1.29, 1.82) is 5.26 Å². The fourth-order valence-corrected chi connectivity index (χ4v) is 3.21.